The smallest absolute Gasteiger partial charge is 0.292 e. The number of aliphatic imine (C=N–C) groups is 1. The van der Waals surface area contributed by atoms with E-state index < -0.39 is 0 Å². The van der Waals surface area contributed by atoms with Gasteiger partial charge in [0.25, 0.3) is 5.69 Å². The summed E-state index contributed by atoms with van der Waals surface area (Å²) in [4.78, 5) is 15.2. The van der Waals surface area contributed by atoms with E-state index in [1.54, 1.807) is 30.0 Å². The summed E-state index contributed by atoms with van der Waals surface area (Å²) in [6, 6.07) is 6.63. The molecule has 0 radical (unpaired) electrons. The highest BCUT2D eigenvalue weighted by molar-refractivity contribution is 7.99. The van der Waals surface area contributed by atoms with Crippen molar-refractivity contribution in [2.75, 3.05) is 37.8 Å². The fourth-order valence-corrected chi connectivity index (χ4v) is 2.03. The topological polar surface area (TPSA) is 91.6 Å². The van der Waals surface area contributed by atoms with E-state index in [0.717, 1.165) is 12.5 Å². The molecule has 0 atom stereocenters. The molecule has 1 aromatic rings. The minimum Gasteiger partial charge on any atom is -0.378 e. The van der Waals surface area contributed by atoms with Crippen LogP contribution in [0.4, 0.5) is 11.4 Å². The van der Waals surface area contributed by atoms with Gasteiger partial charge in [0.1, 0.15) is 5.69 Å². The molecule has 8 heteroatoms. The third-order valence-corrected chi connectivity index (χ3v) is 4.58. The second kappa shape index (κ2) is 10.0. The van der Waals surface area contributed by atoms with Gasteiger partial charge in [-0.05, 0) is 33.1 Å². The van der Waals surface area contributed by atoms with Crippen LogP contribution in [-0.4, -0.2) is 48.1 Å². The van der Waals surface area contributed by atoms with Crippen molar-refractivity contribution in [3.8, 4) is 0 Å². The number of nitrogens with one attached hydrogen (secondary N) is 3. The van der Waals surface area contributed by atoms with E-state index in [2.05, 4.69) is 41.0 Å². The second-order valence-electron chi connectivity index (χ2n) is 5.79. The zero-order valence-electron chi connectivity index (χ0n) is 14.8. The molecule has 0 unspecified atom stereocenters. The van der Waals surface area contributed by atoms with Gasteiger partial charge in [-0.2, -0.15) is 11.8 Å². The summed E-state index contributed by atoms with van der Waals surface area (Å²) in [6.45, 7) is 8.98. The van der Waals surface area contributed by atoms with Crippen LogP contribution in [0, 0.1) is 10.1 Å². The molecule has 0 aromatic heterocycles. The normalized spacial score (nSPS) is 11.9. The van der Waals surface area contributed by atoms with Crippen LogP contribution in [-0.2, 0) is 0 Å². The summed E-state index contributed by atoms with van der Waals surface area (Å²) in [5.74, 6) is 0.754. The van der Waals surface area contributed by atoms with Crippen molar-refractivity contribution in [1.29, 1.82) is 0 Å². The van der Waals surface area contributed by atoms with Crippen LogP contribution in [0.1, 0.15) is 20.8 Å². The molecule has 7 nitrogen and oxygen atoms in total. The van der Waals surface area contributed by atoms with Gasteiger partial charge in [-0.15, -0.1) is 0 Å². The Bertz CT molecular complexity index is 563. The first kappa shape index (κ1) is 20.1. The van der Waals surface area contributed by atoms with E-state index in [9.17, 15) is 10.1 Å². The van der Waals surface area contributed by atoms with Gasteiger partial charge < -0.3 is 16.0 Å². The van der Waals surface area contributed by atoms with Crippen molar-refractivity contribution in [3.05, 3.63) is 34.4 Å². The first-order valence-electron chi connectivity index (χ1n) is 7.94. The number of nitro benzene ring substituents is 1. The number of anilines is 1. The molecule has 0 aliphatic rings. The summed E-state index contributed by atoms with van der Waals surface area (Å²) in [7, 11) is 0. The van der Waals surface area contributed by atoms with Gasteiger partial charge in [0.15, 0.2) is 5.96 Å². The maximum Gasteiger partial charge on any atom is 0.292 e. The lowest BCUT2D eigenvalue weighted by atomic mass is 10.2. The van der Waals surface area contributed by atoms with Gasteiger partial charge in [-0.3, -0.25) is 15.1 Å². The zero-order valence-corrected chi connectivity index (χ0v) is 15.6. The van der Waals surface area contributed by atoms with Crippen LogP contribution < -0.4 is 16.0 Å². The molecule has 0 saturated carbocycles. The Hall–Kier alpha value is -1.96. The van der Waals surface area contributed by atoms with Gasteiger partial charge in [0, 0.05) is 30.4 Å². The molecule has 0 aliphatic heterocycles. The molecule has 0 heterocycles. The number of nitrogens with zero attached hydrogens (tertiary/aromatic N) is 2. The highest BCUT2D eigenvalue weighted by atomic mass is 32.2. The van der Waals surface area contributed by atoms with Gasteiger partial charge in [-0.1, -0.05) is 12.1 Å². The minimum absolute atomic E-state index is 0.0831. The van der Waals surface area contributed by atoms with E-state index >= 15 is 0 Å². The molecule has 0 amide bonds. The molecule has 0 fully saturated rings. The Morgan fingerprint density at radius 1 is 1.29 bits per heavy atom. The fourth-order valence-electron chi connectivity index (χ4n) is 1.84. The monoisotopic (exact) mass is 353 g/mol. The summed E-state index contributed by atoms with van der Waals surface area (Å²) in [6.07, 6.45) is 2.08. The minimum atomic E-state index is -0.383. The predicted octanol–water partition coefficient (Wildman–Crippen LogP) is 2.70. The fraction of sp³-hybridized carbons (Fsp3) is 0.562. The lowest BCUT2D eigenvalue weighted by molar-refractivity contribution is -0.384. The van der Waals surface area contributed by atoms with E-state index in [-0.39, 0.29) is 15.4 Å². The molecule has 3 N–H and O–H groups in total. The molecule has 1 aromatic carbocycles. The number of benzene rings is 1. The standard InChI is InChI=1S/C16H27N5O2S/c1-5-17-15(20-12-16(2,3)24-4)19-11-10-18-13-8-6-7-9-14(13)21(22)23/h6-9,18H,5,10-12H2,1-4H3,(H2,17,19,20). The average molecular weight is 353 g/mol. The van der Waals surface area contributed by atoms with Crippen molar-refractivity contribution in [2.45, 2.75) is 25.5 Å². The van der Waals surface area contributed by atoms with Gasteiger partial charge >= 0.3 is 0 Å². The first-order chi connectivity index (χ1) is 11.4. The van der Waals surface area contributed by atoms with Crippen molar-refractivity contribution in [3.63, 3.8) is 0 Å². The van der Waals surface area contributed by atoms with E-state index in [1.807, 2.05) is 6.92 Å². The SMILES string of the molecule is CCNC(=NCC(C)(C)SC)NCCNc1ccccc1[N+](=O)[O-]. The first-order valence-corrected chi connectivity index (χ1v) is 9.16. The van der Waals surface area contributed by atoms with Crippen LogP contribution >= 0.6 is 11.8 Å². The van der Waals surface area contributed by atoms with Crippen molar-refractivity contribution >= 4 is 29.1 Å². The molecule has 0 aliphatic carbocycles. The number of hydrogen-bond acceptors (Lipinski definition) is 5. The number of thioether (sulfide) groups is 1. The van der Waals surface area contributed by atoms with Crippen molar-refractivity contribution in [2.24, 2.45) is 4.99 Å². The van der Waals surface area contributed by atoms with Crippen LogP contribution in [0.3, 0.4) is 0 Å². The van der Waals surface area contributed by atoms with Crippen LogP contribution in [0.2, 0.25) is 0 Å². The Morgan fingerprint density at radius 2 is 2.00 bits per heavy atom. The Labute approximate surface area is 147 Å². The number of nitro groups is 1. The van der Waals surface area contributed by atoms with Gasteiger partial charge in [0.2, 0.25) is 0 Å². The summed E-state index contributed by atoms with van der Waals surface area (Å²) >= 11 is 1.78. The molecular formula is C16H27N5O2S. The highest BCUT2D eigenvalue weighted by Crippen LogP contribution is 2.22. The van der Waals surface area contributed by atoms with Crippen molar-refractivity contribution in [1.82, 2.24) is 10.6 Å². The Morgan fingerprint density at radius 3 is 2.62 bits per heavy atom. The van der Waals surface area contributed by atoms with E-state index in [1.165, 1.54) is 6.07 Å². The number of para-hydroxylation sites is 2. The highest BCUT2D eigenvalue weighted by Gasteiger charge is 2.15. The molecule has 0 spiro atoms. The Kier molecular flexibility index (Phi) is 8.39. The molecule has 0 saturated heterocycles. The van der Waals surface area contributed by atoms with Gasteiger partial charge in [0.05, 0.1) is 11.5 Å². The van der Waals surface area contributed by atoms with Crippen LogP contribution in [0.5, 0.6) is 0 Å². The largest absolute Gasteiger partial charge is 0.378 e. The lowest BCUT2D eigenvalue weighted by Crippen LogP contribution is -2.40. The summed E-state index contributed by atoms with van der Waals surface area (Å²) in [5, 5.41) is 20.5. The van der Waals surface area contributed by atoms with Crippen LogP contribution in [0.25, 0.3) is 0 Å². The molecule has 134 valence electrons. The maximum atomic E-state index is 11.0. The Balaban J connectivity index is 2.52. The van der Waals surface area contributed by atoms with Gasteiger partial charge in [-0.25, -0.2) is 0 Å². The van der Waals surface area contributed by atoms with Crippen LogP contribution in [0.15, 0.2) is 29.3 Å². The number of rotatable bonds is 9. The van der Waals surface area contributed by atoms with E-state index in [4.69, 9.17) is 0 Å². The summed E-state index contributed by atoms with van der Waals surface area (Å²) in [5.41, 5.74) is 0.606. The summed E-state index contributed by atoms with van der Waals surface area (Å²) < 4.78 is 0.0885. The predicted molar refractivity (Wildman–Crippen MR) is 103 cm³/mol. The third kappa shape index (κ3) is 7.08. The molecule has 24 heavy (non-hydrogen) atoms. The molecule has 1 rings (SSSR count). The second-order valence-corrected chi connectivity index (χ2v) is 7.30. The number of hydrogen-bond donors (Lipinski definition) is 3. The molecule has 0 bridgehead atoms. The third-order valence-electron chi connectivity index (χ3n) is 3.35. The quantitative estimate of drug-likeness (QED) is 0.208. The zero-order chi connectivity index (χ0) is 18.0. The van der Waals surface area contributed by atoms with E-state index in [0.29, 0.717) is 25.3 Å². The lowest BCUT2D eigenvalue weighted by Gasteiger charge is -2.20. The average Bonchev–Trinajstić information content (AvgIpc) is 2.56. The maximum absolute atomic E-state index is 11.0. The molecular weight excluding hydrogens is 326 g/mol. The number of guanidine groups is 1. The van der Waals surface area contributed by atoms with Crippen molar-refractivity contribution < 1.29 is 4.92 Å².